The van der Waals surface area contributed by atoms with Crippen molar-refractivity contribution in [2.24, 2.45) is 5.73 Å². The monoisotopic (exact) mass is 359 g/mol. The normalized spacial score (nSPS) is 16.2. The summed E-state index contributed by atoms with van der Waals surface area (Å²) in [5.74, 6) is 0.652. The zero-order valence-electron chi connectivity index (χ0n) is 14.9. The standard InChI is InChI=1S/C21H17N3O3/c1-25-14-8-9-18(26-2)15(10-14)19-16(11-22)20(13-6-4-3-5-7-13)27-21(24)17(19)12-23/h3-10,19H,24H2,1-2H3. The molecule has 1 aliphatic rings. The number of methoxy groups -OCH3 is 2. The molecule has 0 saturated carbocycles. The Labute approximate surface area is 157 Å². The van der Waals surface area contributed by atoms with Crippen LogP contribution < -0.4 is 15.2 Å². The SMILES string of the molecule is COc1ccc(OC)c(C2C(C#N)=C(N)OC(c3ccccc3)=C2C#N)c1. The van der Waals surface area contributed by atoms with Gasteiger partial charge in [0.05, 0.1) is 31.8 Å². The number of nitrogens with two attached hydrogens (primary N) is 1. The highest BCUT2D eigenvalue weighted by Crippen LogP contribution is 2.45. The first-order chi connectivity index (χ1) is 13.1. The predicted molar refractivity (Wildman–Crippen MR) is 99.2 cm³/mol. The van der Waals surface area contributed by atoms with Crippen molar-refractivity contribution in [3.63, 3.8) is 0 Å². The second kappa shape index (κ2) is 7.55. The number of nitrogens with zero attached hydrogens (tertiary/aromatic N) is 2. The Morgan fingerprint density at radius 3 is 2.26 bits per heavy atom. The third-order valence-corrected chi connectivity index (χ3v) is 4.32. The van der Waals surface area contributed by atoms with Gasteiger partial charge in [0.25, 0.3) is 0 Å². The molecular weight excluding hydrogens is 342 g/mol. The Bertz CT molecular complexity index is 1010. The molecule has 2 aromatic carbocycles. The summed E-state index contributed by atoms with van der Waals surface area (Å²) in [7, 11) is 3.07. The van der Waals surface area contributed by atoms with E-state index in [1.807, 2.05) is 30.3 Å². The fourth-order valence-corrected chi connectivity index (χ4v) is 3.05. The van der Waals surface area contributed by atoms with E-state index in [4.69, 9.17) is 19.9 Å². The van der Waals surface area contributed by atoms with Gasteiger partial charge in [-0.25, -0.2) is 0 Å². The van der Waals surface area contributed by atoms with Crippen molar-refractivity contribution in [2.75, 3.05) is 14.2 Å². The maximum atomic E-state index is 9.91. The minimum Gasteiger partial charge on any atom is -0.497 e. The fraction of sp³-hybridized carbons (Fsp3) is 0.143. The van der Waals surface area contributed by atoms with Crippen LogP contribution in [-0.2, 0) is 4.74 Å². The van der Waals surface area contributed by atoms with Crippen molar-refractivity contribution in [1.82, 2.24) is 0 Å². The van der Waals surface area contributed by atoms with Crippen molar-refractivity contribution in [1.29, 1.82) is 10.5 Å². The number of ether oxygens (including phenoxy) is 3. The van der Waals surface area contributed by atoms with E-state index in [0.717, 1.165) is 0 Å². The van der Waals surface area contributed by atoms with Gasteiger partial charge in [0.1, 0.15) is 23.1 Å². The first kappa shape index (κ1) is 17.9. The lowest BCUT2D eigenvalue weighted by atomic mass is 9.82. The summed E-state index contributed by atoms with van der Waals surface area (Å²) in [6.45, 7) is 0. The van der Waals surface area contributed by atoms with Gasteiger partial charge in [-0.2, -0.15) is 10.5 Å². The lowest BCUT2D eigenvalue weighted by Crippen LogP contribution is -2.20. The summed E-state index contributed by atoms with van der Waals surface area (Å²) in [5.41, 5.74) is 7.77. The maximum absolute atomic E-state index is 9.91. The number of hydrogen-bond donors (Lipinski definition) is 1. The summed E-state index contributed by atoms with van der Waals surface area (Å²) >= 11 is 0. The Kier molecular flexibility index (Phi) is 5.01. The Hall–Kier alpha value is -3.90. The molecule has 1 unspecified atom stereocenters. The number of allylic oxidation sites excluding steroid dienone is 2. The molecule has 0 bridgehead atoms. The molecule has 0 spiro atoms. The van der Waals surface area contributed by atoms with Crippen LogP contribution in [0.25, 0.3) is 5.76 Å². The van der Waals surface area contributed by atoms with Gasteiger partial charge < -0.3 is 19.9 Å². The van der Waals surface area contributed by atoms with Gasteiger partial charge in [-0.15, -0.1) is 0 Å². The molecule has 0 fully saturated rings. The summed E-state index contributed by atoms with van der Waals surface area (Å²) in [6, 6.07) is 18.6. The van der Waals surface area contributed by atoms with Crippen molar-refractivity contribution in [3.8, 4) is 23.6 Å². The second-order valence-electron chi connectivity index (χ2n) is 5.75. The maximum Gasteiger partial charge on any atom is 0.205 e. The Morgan fingerprint density at radius 2 is 1.67 bits per heavy atom. The zero-order valence-corrected chi connectivity index (χ0v) is 14.9. The highest BCUT2D eigenvalue weighted by atomic mass is 16.5. The molecule has 1 atom stereocenters. The molecule has 0 radical (unpaired) electrons. The molecule has 0 amide bonds. The lowest BCUT2D eigenvalue weighted by Gasteiger charge is -2.27. The van der Waals surface area contributed by atoms with E-state index in [1.54, 1.807) is 25.3 Å². The summed E-state index contributed by atoms with van der Waals surface area (Å²) < 4.78 is 16.4. The number of nitriles is 2. The number of rotatable bonds is 4. The topological polar surface area (TPSA) is 101 Å². The molecule has 134 valence electrons. The molecule has 1 aliphatic heterocycles. The quantitative estimate of drug-likeness (QED) is 0.897. The van der Waals surface area contributed by atoms with Gasteiger partial charge >= 0.3 is 0 Å². The Morgan fingerprint density at radius 1 is 0.963 bits per heavy atom. The zero-order chi connectivity index (χ0) is 19.4. The van der Waals surface area contributed by atoms with Gasteiger partial charge in [0.15, 0.2) is 5.76 Å². The van der Waals surface area contributed by atoms with Crippen molar-refractivity contribution >= 4 is 5.76 Å². The molecule has 2 N–H and O–H groups in total. The minimum atomic E-state index is -0.728. The Balaban J connectivity index is 2.30. The van der Waals surface area contributed by atoms with Crippen LogP contribution in [0.1, 0.15) is 17.0 Å². The van der Waals surface area contributed by atoms with Crippen LogP contribution in [0.4, 0.5) is 0 Å². The highest BCUT2D eigenvalue weighted by molar-refractivity contribution is 5.74. The van der Waals surface area contributed by atoms with Gasteiger partial charge in [-0.05, 0) is 18.2 Å². The highest BCUT2D eigenvalue weighted by Gasteiger charge is 2.35. The molecule has 27 heavy (non-hydrogen) atoms. The fourth-order valence-electron chi connectivity index (χ4n) is 3.05. The van der Waals surface area contributed by atoms with Crippen molar-refractivity contribution in [2.45, 2.75) is 5.92 Å². The third-order valence-electron chi connectivity index (χ3n) is 4.32. The van der Waals surface area contributed by atoms with Crippen LogP contribution in [0.2, 0.25) is 0 Å². The molecule has 0 aliphatic carbocycles. The summed E-state index contributed by atoms with van der Waals surface area (Å²) in [4.78, 5) is 0. The molecular formula is C21H17N3O3. The van der Waals surface area contributed by atoms with Crippen LogP contribution in [0, 0.1) is 22.7 Å². The third kappa shape index (κ3) is 3.17. The lowest BCUT2D eigenvalue weighted by molar-refractivity contribution is 0.355. The van der Waals surface area contributed by atoms with Crippen LogP contribution in [-0.4, -0.2) is 14.2 Å². The van der Waals surface area contributed by atoms with Gasteiger partial charge in [-0.3, -0.25) is 0 Å². The van der Waals surface area contributed by atoms with E-state index in [2.05, 4.69) is 12.1 Å². The van der Waals surface area contributed by atoms with Crippen LogP contribution in [0.5, 0.6) is 11.5 Å². The molecule has 6 nitrogen and oxygen atoms in total. The van der Waals surface area contributed by atoms with E-state index >= 15 is 0 Å². The molecule has 2 aromatic rings. The number of benzene rings is 2. The smallest absolute Gasteiger partial charge is 0.205 e. The van der Waals surface area contributed by atoms with E-state index in [0.29, 0.717) is 28.4 Å². The predicted octanol–water partition coefficient (Wildman–Crippen LogP) is 3.45. The van der Waals surface area contributed by atoms with E-state index in [-0.39, 0.29) is 17.0 Å². The largest absolute Gasteiger partial charge is 0.497 e. The van der Waals surface area contributed by atoms with E-state index in [9.17, 15) is 10.5 Å². The average Bonchev–Trinajstić information content (AvgIpc) is 2.73. The molecule has 0 aromatic heterocycles. The van der Waals surface area contributed by atoms with Crippen LogP contribution in [0.15, 0.2) is 65.6 Å². The van der Waals surface area contributed by atoms with Crippen molar-refractivity contribution < 1.29 is 14.2 Å². The van der Waals surface area contributed by atoms with Gasteiger partial charge in [0.2, 0.25) is 5.88 Å². The average molecular weight is 359 g/mol. The molecule has 3 rings (SSSR count). The summed E-state index contributed by atoms with van der Waals surface area (Å²) in [6.07, 6.45) is 0. The number of hydrogen-bond acceptors (Lipinski definition) is 6. The van der Waals surface area contributed by atoms with Gasteiger partial charge in [-0.1, -0.05) is 30.3 Å². The summed E-state index contributed by atoms with van der Waals surface area (Å²) in [5, 5.41) is 19.6. The molecule has 1 heterocycles. The van der Waals surface area contributed by atoms with E-state index < -0.39 is 5.92 Å². The van der Waals surface area contributed by atoms with E-state index in [1.165, 1.54) is 7.11 Å². The van der Waals surface area contributed by atoms with Gasteiger partial charge in [0, 0.05) is 11.1 Å². The van der Waals surface area contributed by atoms with Crippen molar-refractivity contribution in [3.05, 3.63) is 76.7 Å². The van der Waals surface area contributed by atoms with Crippen LogP contribution in [0.3, 0.4) is 0 Å². The molecule has 6 heteroatoms. The first-order valence-electron chi connectivity index (χ1n) is 8.13. The van der Waals surface area contributed by atoms with Crippen LogP contribution >= 0.6 is 0 Å². The first-order valence-corrected chi connectivity index (χ1v) is 8.13. The second-order valence-corrected chi connectivity index (χ2v) is 5.75. The molecule has 0 saturated heterocycles. The minimum absolute atomic E-state index is 0.0368.